The number of unbranched alkanes of at least 4 members (excludes halogenated alkanes) is 1. The summed E-state index contributed by atoms with van der Waals surface area (Å²) in [6.45, 7) is 5.86. The standard InChI is InChI=1S/C29H25FO7S/c1-3-28(31)36-19-5-4-18-35-25-14-9-22(10-15-25)8-11-23-12-13-24(20-27(23)30)29(32)37-38(33,34)26-16-6-21(2)7-17-26/h3,6-7,9-10,12-17,20H,1,4-5,18-19H2,2H3. The van der Waals surface area contributed by atoms with Crippen molar-refractivity contribution in [3.8, 4) is 17.6 Å². The van der Waals surface area contributed by atoms with Crippen LogP contribution in [0.25, 0.3) is 0 Å². The van der Waals surface area contributed by atoms with Crippen LogP contribution >= 0.6 is 0 Å². The second-order valence-corrected chi connectivity index (χ2v) is 9.58. The molecule has 0 atom stereocenters. The maximum absolute atomic E-state index is 14.6. The number of hydrogen-bond donors (Lipinski definition) is 0. The predicted octanol–water partition coefficient (Wildman–Crippen LogP) is 4.97. The van der Waals surface area contributed by atoms with Crippen molar-refractivity contribution in [1.29, 1.82) is 0 Å². The van der Waals surface area contributed by atoms with Crippen LogP contribution < -0.4 is 4.74 Å². The van der Waals surface area contributed by atoms with Crippen LogP contribution in [0.5, 0.6) is 5.75 Å². The summed E-state index contributed by atoms with van der Waals surface area (Å²) in [6, 6.07) is 16.1. The van der Waals surface area contributed by atoms with Gasteiger partial charge in [0.2, 0.25) is 0 Å². The van der Waals surface area contributed by atoms with Gasteiger partial charge in [0.05, 0.1) is 24.3 Å². The maximum Gasteiger partial charge on any atom is 0.354 e. The Bertz CT molecular complexity index is 1470. The Morgan fingerprint density at radius 3 is 2.29 bits per heavy atom. The van der Waals surface area contributed by atoms with Gasteiger partial charge in [-0.1, -0.05) is 36.1 Å². The number of halogens is 1. The first-order valence-electron chi connectivity index (χ1n) is 11.6. The van der Waals surface area contributed by atoms with Crippen molar-refractivity contribution in [2.24, 2.45) is 0 Å². The van der Waals surface area contributed by atoms with Crippen molar-refractivity contribution in [2.75, 3.05) is 13.2 Å². The molecule has 0 amide bonds. The fraction of sp³-hybridized carbons (Fsp3) is 0.172. The molecule has 0 aliphatic carbocycles. The molecule has 38 heavy (non-hydrogen) atoms. The molecule has 0 fully saturated rings. The van der Waals surface area contributed by atoms with Crippen LogP contribution in [-0.4, -0.2) is 33.6 Å². The van der Waals surface area contributed by atoms with Gasteiger partial charge in [-0.2, -0.15) is 8.42 Å². The van der Waals surface area contributed by atoms with Gasteiger partial charge in [-0.25, -0.2) is 14.0 Å². The topological polar surface area (TPSA) is 96.0 Å². The molecule has 196 valence electrons. The molecule has 3 aromatic carbocycles. The number of aryl methyl sites for hydroxylation is 1. The number of esters is 1. The minimum Gasteiger partial charge on any atom is -0.494 e. The third kappa shape index (κ3) is 8.32. The zero-order valence-electron chi connectivity index (χ0n) is 20.6. The summed E-state index contributed by atoms with van der Waals surface area (Å²) in [6.07, 6.45) is 2.48. The highest BCUT2D eigenvalue weighted by Gasteiger charge is 2.22. The average molecular weight is 537 g/mol. The van der Waals surface area contributed by atoms with Crippen molar-refractivity contribution in [2.45, 2.75) is 24.7 Å². The van der Waals surface area contributed by atoms with E-state index in [1.54, 1.807) is 43.3 Å². The number of carbonyl (C=O) groups excluding carboxylic acids is 2. The van der Waals surface area contributed by atoms with E-state index < -0.39 is 27.9 Å². The summed E-state index contributed by atoms with van der Waals surface area (Å²) in [7, 11) is -4.34. The number of hydrogen-bond acceptors (Lipinski definition) is 7. The average Bonchev–Trinajstić information content (AvgIpc) is 2.90. The molecule has 0 aliphatic rings. The second-order valence-electron chi connectivity index (χ2n) is 8.03. The Morgan fingerprint density at radius 1 is 0.947 bits per heavy atom. The van der Waals surface area contributed by atoms with Gasteiger partial charge in [-0.3, -0.25) is 0 Å². The summed E-state index contributed by atoms with van der Waals surface area (Å²) in [4.78, 5) is 23.1. The van der Waals surface area contributed by atoms with Gasteiger partial charge < -0.3 is 13.7 Å². The highest BCUT2D eigenvalue weighted by molar-refractivity contribution is 7.87. The van der Waals surface area contributed by atoms with Crippen LogP contribution in [0, 0.1) is 24.6 Å². The fourth-order valence-corrected chi connectivity index (χ4v) is 3.91. The molecule has 0 unspecified atom stereocenters. The van der Waals surface area contributed by atoms with Gasteiger partial charge in [0, 0.05) is 11.6 Å². The molecular weight excluding hydrogens is 511 g/mol. The van der Waals surface area contributed by atoms with E-state index in [2.05, 4.69) is 22.6 Å². The molecule has 3 rings (SSSR count). The quantitative estimate of drug-likeness (QED) is 0.119. The van der Waals surface area contributed by atoms with Crippen molar-refractivity contribution in [3.05, 3.63) is 107 Å². The van der Waals surface area contributed by atoms with Gasteiger partial charge in [-0.15, -0.1) is 0 Å². The molecule has 0 spiro atoms. The zero-order chi connectivity index (χ0) is 27.5. The van der Waals surface area contributed by atoms with E-state index in [4.69, 9.17) is 9.47 Å². The first kappa shape index (κ1) is 28.2. The van der Waals surface area contributed by atoms with Crippen LogP contribution in [-0.2, 0) is 23.8 Å². The molecule has 7 nitrogen and oxygen atoms in total. The lowest BCUT2D eigenvalue weighted by Gasteiger charge is -2.07. The summed E-state index contributed by atoms with van der Waals surface area (Å²) in [5, 5.41) is 0. The van der Waals surface area contributed by atoms with Crippen LogP contribution in [0.4, 0.5) is 4.39 Å². The Balaban J connectivity index is 1.55. The second kappa shape index (κ2) is 13.2. The number of carbonyl (C=O) groups is 2. The molecular formula is C29H25FO7S. The molecule has 0 saturated carbocycles. The molecule has 0 heterocycles. The number of benzene rings is 3. The van der Waals surface area contributed by atoms with E-state index in [0.29, 0.717) is 37.4 Å². The predicted molar refractivity (Wildman–Crippen MR) is 138 cm³/mol. The van der Waals surface area contributed by atoms with Crippen molar-refractivity contribution >= 4 is 22.1 Å². The van der Waals surface area contributed by atoms with Gasteiger partial charge in [0.1, 0.15) is 16.5 Å². The normalized spacial score (nSPS) is 10.6. The summed E-state index contributed by atoms with van der Waals surface area (Å²) < 4.78 is 54.3. The lowest BCUT2D eigenvalue weighted by Crippen LogP contribution is -2.14. The lowest BCUT2D eigenvalue weighted by atomic mass is 10.1. The molecule has 0 radical (unpaired) electrons. The molecule has 0 saturated heterocycles. The van der Waals surface area contributed by atoms with Crippen LogP contribution in [0.3, 0.4) is 0 Å². The summed E-state index contributed by atoms with van der Waals surface area (Å²) in [5.41, 5.74) is 1.22. The molecule has 0 aliphatic heterocycles. The Kier molecular flexibility index (Phi) is 9.79. The SMILES string of the molecule is C=CC(=O)OCCCCOc1ccc(C#Cc2ccc(C(=O)OS(=O)(=O)c3ccc(C)cc3)cc2F)cc1. The smallest absolute Gasteiger partial charge is 0.354 e. The molecule has 3 aromatic rings. The van der Waals surface area contributed by atoms with Gasteiger partial charge in [-0.05, 0) is 74.4 Å². The van der Waals surface area contributed by atoms with E-state index in [0.717, 1.165) is 17.7 Å². The third-order valence-corrected chi connectivity index (χ3v) is 6.33. The lowest BCUT2D eigenvalue weighted by molar-refractivity contribution is -0.137. The van der Waals surface area contributed by atoms with Crippen molar-refractivity contribution < 1.29 is 36.1 Å². The fourth-order valence-electron chi connectivity index (χ4n) is 3.04. The first-order chi connectivity index (χ1) is 18.2. The van der Waals surface area contributed by atoms with Crippen LogP contribution in [0.2, 0.25) is 0 Å². The van der Waals surface area contributed by atoms with Gasteiger partial charge in [0.15, 0.2) is 0 Å². The number of rotatable bonds is 10. The molecule has 0 N–H and O–H groups in total. The number of ether oxygens (including phenoxy) is 2. The van der Waals surface area contributed by atoms with Gasteiger partial charge >= 0.3 is 22.1 Å². The third-order valence-electron chi connectivity index (χ3n) is 5.11. The minimum absolute atomic E-state index is 0.0282. The maximum atomic E-state index is 14.6. The van der Waals surface area contributed by atoms with E-state index in [9.17, 15) is 22.4 Å². The van der Waals surface area contributed by atoms with Crippen molar-refractivity contribution in [1.82, 2.24) is 0 Å². The largest absolute Gasteiger partial charge is 0.494 e. The zero-order valence-corrected chi connectivity index (χ0v) is 21.4. The van der Waals surface area contributed by atoms with Crippen molar-refractivity contribution in [3.63, 3.8) is 0 Å². The minimum atomic E-state index is -4.34. The highest BCUT2D eigenvalue weighted by Crippen LogP contribution is 2.18. The van der Waals surface area contributed by atoms with Gasteiger partial charge in [0.25, 0.3) is 0 Å². The van der Waals surface area contributed by atoms with Crippen LogP contribution in [0.1, 0.15) is 39.9 Å². The van der Waals surface area contributed by atoms with E-state index in [1.165, 1.54) is 24.3 Å². The van der Waals surface area contributed by atoms with E-state index >= 15 is 0 Å². The van der Waals surface area contributed by atoms with E-state index in [-0.39, 0.29) is 16.0 Å². The Hall–Kier alpha value is -4.42. The summed E-state index contributed by atoms with van der Waals surface area (Å²) >= 11 is 0. The Morgan fingerprint density at radius 2 is 1.63 bits per heavy atom. The Labute approximate surface area is 221 Å². The summed E-state index contributed by atoms with van der Waals surface area (Å²) in [5.74, 6) is 3.71. The first-order valence-corrected chi connectivity index (χ1v) is 13.0. The molecule has 0 bridgehead atoms. The monoisotopic (exact) mass is 536 g/mol. The molecule has 9 heteroatoms. The molecule has 0 aromatic heterocycles. The van der Waals surface area contributed by atoms with E-state index in [1.807, 2.05) is 0 Å². The highest BCUT2D eigenvalue weighted by atomic mass is 32.2. The van der Waals surface area contributed by atoms with Crippen LogP contribution in [0.15, 0.2) is 84.3 Å².